The molecule has 0 saturated carbocycles. The summed E-state index contributed by atoms with van der Waals surface area (Å²) in [6.07, 6.45) is 1.64. The maximum atomic E-state index is 12.2. The van der Waals surface area contributed by atoms with E-state index in [4.69, 9.17) is 4.74 Å². The van der Waals surface area contributed by atoms with E-state index in [0.29, 0.717) is 5.75 Å². The molecule has 0 heterocycles. The van der Waals surface area contributed by atoms with Gasteiger partial charge in [-0.15, -0.1) is 0 Å². The summed E-state index contributed by atoms with van der Waals surface area (Å²) in [5.74, 6) is 0.464. The minimum atomic E-state index is -0.455. The van der Waals surface area contributed by atoms with Gasteiger partial charge in [0.15, 0.2) is 0 Å². The number of hydrogen-bond acceptors (Lipinski definition) is 5. The standard InChI is InChI=1S/C21H28N4O2/c1-5-25(6-2)18-13-11-17(12-14-18)15-22-24-21(26)16(3)23-19-9-7-8-10-20(19)27-4/h7-16,23H,5-6H2,1-4H3,(H,24,26). The first-order chi connectivity index (χ1) is 13.1. The Balaban J connectivity index is 1.90. The predicted molar refractivity (Wildman–Crippen MR) is 112 cm³/mol. The van der Waals surface area contributed by atoms with Crippen LogP contribution in [0.15, 0.2) is 53.6 Å². The first-order valence-corrected chi connectivity index (χ1v) is 9.16. The van der Waals surface area contributed by atoms with Gasteiger partial charge in [0, 0.05) is 18.8 Å². The van der Waals surface area contributed by atoms with Crippen LogP contribution in [0.3, 0.4) is 0 Å². The highest BCUT2D eigenvalue weighted by atomic mass is 16.5. The van der Waals surface area contributed by atoms with Crippen molar-refractivity contribution in [2.24, 2.45) is 5.10 Å². The van der Waals surface area contributed by atoms with Gasteiger partial charge in [-0.25, -0.2) is 5.43 Å². The molecule has 0 aliphatic rings. The number of nitrogens with zero attached hydrogens (tertiary/aromatic N) is 2. The summed E-state index contributed by atoms with van der Waals surface area (Å²) in [7, 11) is 1.60. The van der Waals surface area contributed by atoms with Crippen molar-refractivity contribution in [1.82, 2.24) is 5.43 Å². The van der Waals surface area contributed by atoms with Crippen molar-refractivity contribution in [3.05, 3.63) is 54.1 Å². The van der Waals surface area contributed by atoms with Gasteiger partial charge in [0.1, 0.15) is 11.8 Å². The smallest absolute Gasteiger partial charge is 0.262 e. The molecule has 0 fully saturated rings. The van der Waals surface area contributed by atoms with E-state index in [1.165, 1.54) is 5.69 Å². The number of carbonyl (C=O) groups is 1. The Labute approximate surface area is 161 Å². The average Bonchev–Trinajstić information content (AvgIpc) is 2.70. The number of para-hydroxylation sites is 2. The molecule has 1 unspecified atom stereocenters. The van der Waals surface area contributed by atoms with Crippen molar-refractivity contribution >= 4 is 23.5 Å². The van der Waals surface area contributed by atoms with Crippen LogP contribution in [0.25, 0.3) is 0 Å². The molecular formula is C21H28N4O2. The van der Waals surface area contributed by atoms with E-state index >= 15 is 0 Å². The summed E-state index contributed by atoms with van der Waals surface area (Å²) in [6, 6.07) is 15.1. The second-order valence-corrected chi connectivity index (χ2v) is 6.06. The fraction of sp³-hybridized carbons (Fsp3) is 0.333. The highest BCUT2D eigenvalue weighted by Crippen LogP contribution is 2.23. The Bertz CT molecular complexity index is 755. The lowest BCUT2D eigenvalue weighted by Gasteiger charge is -2.20. The molecule has 144 valence electrons. The number of amides is 1. The van der Waals surface area contributed by atoms with E-state index in [0.717, 1.165) is 24.3 Å². The molecule has 0 spiro atoms. The van der Waals surface area contributed by atoms with Crippen LogP contribution in [0, 0.1) is 0 Å². The third-order valence-corrected chi connectivity index (χ3v) is 4.28. The molecule has 2 rings (SSSR count). The number of rotatable bonds is 9. The lowest BCUT2D eigenvalue weighted by molar-refractivity contribution is -0.121. The Morgan fingerprint density at radius 1 is 1.15 bits per heavy atom. The Morgan fingerprint density at radius 3 is 2.44 bits per heavy atom. The van der Waals surface area contributed by atoms with Crippen molar-refractivity contribution in [1.29, 1.82) is 0 Å². The van der Waals surface area contributed by atoms with Gasteiger partial charge >= 0.3 is 0 Å². The fourth-order valence-electron chi connectivity index (χ4n) is 2.69. The Kier molecular flexibility index (Phi) is 7.67. The summed E-state index contributed by atoms with van der Waals surface area (Å²) in [6.45, 7) is 7.98. The van der Waals surface area contributed by atoms with E-state index in [-0.39, 0.29) is 5.91 Å². The van der Waals surface area contributed by atoms with E-state index < -0.39 is 6.04 Å². The molecule has 0 aromatic heterocycles. The van der Waals surface area contributed by atoms with E-state index in [2.05, 4.69) is 46.7 Å². The number of nitrogens with one attached hydrogen (secondary N) is 2. The maximum absolute atomic E-state index is 12.2. The molecule has 2 N–H and O–H groups in total. The molecule has 0 saturated heterocycles. The zero-order valence-electron chi connectivity index (χ0n) is 16.4. The number of hydrogen-bond donors (Lipinski definition) is 2. The molecule has 27 heavy (non-hydrogen) atoms. The molecule has 2 aromatic rings. The van der Waals surface area contributed by atoms with E-state index in [1.807, 2.05) is 36.4 Å². The Hall–Kier alpha value is -3.02. The van der Waals surface area contributed by atoms with Gasteiger partial charge in [-0.05, 0) is 50.6 Å². The minimum Gasteiger partial charge on any atom is -0.495 e. The highest BCUT2D eigenvalue weighted by Gasteiger charge is 2.13. The molecule has 6 heteroatoms. The lowest BCUT2D eigenvalue weighted by atomic mass is 10.2. The zero-order chi connectivity index (χ0) is 19.6. The molecular weight excluding hydrogens is 340 g/mol. The van der Waals surface area contributed by atoms with Crippen LogP contribution >= 0.6 is 0 Å². The van der Waals surface area contributed by atoms with Gasteiger partial charge in [-0.3, -0.25) is 4.79 Å². The van der Waals surface area contributed by atoms with Crippen LogP contribution in [-0.4, -0.2) is 38.4 Å². The van der Waals surface area contributed by atoms with Gasteiger partial charge < -0.3 is 15.0 Å². The van der Waals surface area contributed by atoms with Crippen LogP contribution in [0.1, 0.15) is 26.3 Å². The summed E-state index contributed by atoms with van der Waals surface area (Å²) in [5.41, 5.74) is 5.43. The van der Waals surface area contributed by atoms with Crippen LogP contribution in [0.4, 0.5) is 11.4 Å². The normalized spacial score (nSPS) is 11.9. The molecule has 2 aromatic carbocycles. The Morgan fingerprint density at radius 2 is 1.81 bits per heavy atom. The molecule has 0 bridgehead atoms. The van der Waals surface area contributed by atoms with Crippen molar-refractivity contribution in [3.63, 3.8) is 0 Å². The van der Waals surface area contributed by atoms with Crippen molar-refractivity contribution in [2.75, 3.05) is 30.4 Å². The largest absolute Gasteiger partial charge is 0.495 e. The van der Waals surface area contributed by atoms with Crippen LogP contribution in [-0.2, 0) is 4.79 Å². The molecule has 0 radical (unpaired) electrons. The third kappa shape index (κ3) is 5.74. The van der Waals surface area contributed by atoms with Crippen molar-refractivity contribution in [3.8, 4) is 5.75 Å². The summed E-state index contributed by atoms with van der Waals surface area (Å²) in [5, 5.41) is 7.18. The number of benzene rings is 2. The predicted octanol–water partition coefficient (Wildman–Crippen LogP) is 3.49. The van der Waals surface area contributed by atoms with Crippen molar-refractivity contribution < 1.29 is 9.53 Å². The van der Waals surface area contributed by atoms with Gasteiger partial charge in [0.05, 0.1) is 19.0 Å². The van der Waals surface area contributed by atoms with Gasteiger partial charge in [-0.1, -0.05) is 24.3 Å². The number of anilines is 2. The van der Waals surface area contributed by atoms with Gasteiger partial charge in [-0.2, -0.15) is 5.10 Å². The quantitative estimate of drug-likeness (QED) is 0.525. The topological polar surface area (TPSA) is 66.0 Å². The number of methoxy groups -OCH3 is 1. The molecule has 1 atom stereocenters. The summed E-state index contributed by atoms with van der Waals surface area (Å²) >= 11 is 0. The first kappa shape index (κ1) is 20.3. The summed E-state index contributed by atoms with van der Waals surface area (Å²) in [4.78, 5) is 14.5. The number of ether oxygens (including phenoxy) is 1. The van der Waals surface area contributed by atoms with Crippen LogP contribution in [0.5, 0.6) is 5.75 Å². The fourth-order valence-corrected chi connectivity index (χ4v) is 2.69. The molecule has 0 aliphatic carbocycles. The van der Waals surface area contributed by atoms with E-state index in [1.54, 1.807) is 20.2 Å². The maximum Gasteiger partial charge on any atom is 0.262 e. The third-order valence-electron chi connectivity index (χ3n) is 4.28. The zero-order valence-corrected chi connectivity index (χ0v) is 16.4. The molecule has 0 aliphatic heterocycles. The lowest BCUT2D eigenvalue weighted by Crippen LogP contribution is -2.35. The second-order valence-electron chi connectivity index (χ2n) is 6.06. The van der Waals surface area contributed by atoms with Gasteiger partial charge in [0.2, 0.25) is 0 Å². The summed E-state index contributed by atoms with van der Waals surface area (Å²) < 4.78 is 5.28. The van der Waals surface area contributed by atoms with Gasteiger partial charge in [0.25, 0.3) is 5.91 Å². The highest BCUT2D eigenvalue weighted by molar-refractivity contribution is 5.87. The number of hydrazone groups is 1. The first-order valence-electron chi connectivity index (χ1n) is 9.16. The average molecular weight is 368 g/mol. The van der Waals surface area contributed by atoms with Crippen LogP contribution in [0.2, 0.25) is 0 Å². The van der Waals surface area contributed by atoms with Crippen molar-refractivity contribution in [2.45, 2.75) is 26.8 Å². The molecule has 1 amide bonds. The van der Waals surface area contributed by atoms with Crippen LogP contribution < -0.4 is 20.4 Å². The number of carbonyl (C=O) groups excluding carboxylic acids is 1. The monoisotopic (exact) mass is 368 g/mol. The molecule has 6 nitrogen and oxygen atoms in total. The second kappa shape index (κ2) is 10.2. The van der Waals surface area contributed by atoms with E-state index in [9.17, 15) is 4.79 Å². The SMILES string of the molecule is CCN(CC)c1ccc(C=NNC(=O)C(C)Nc2ccccc2OC)cc1. The minimum absolute atomic E-state index is 0.225.